The number of unbranched alkanes of at least 4 members (excludes halogenated alkanes) is 1. The third kappa shape index (κ3) is 6.31. The molecule has 1 saturated heterocycles. The fourth-order valence-electron chi connectivity index (χ4n) is 5.40. The number of carbonyl (C=O) groups is 3. The Morgan fingerprint density at radius 1 is 1.08 bits per heavy atom. The van der Waals surface area contributed by atoms with E-state index in [9.17, 15) is 14.4 Å². The lowest BCUT2D eigenvalue weighted by Crippen LogP contribution is -2.46. The number of aryl methyl sites for hydroxylation is 1. The summed E-state index contributed by atoms with van der Waals surface area (Å²) in [6.45, 7) is 5.64. The van der Waals surface area contributed by atoms with Gasteiger partial charge in [0.25, 0.3) is 5.91 Å². The molecule has 8 heteroatoms. The Kier molecular flexibility index (Phi) is 9.17. The molecule has 0 radical (unpaired) electrons. The summed E-state index contributed by atoms with van der Waals surface area (Å²) in [6.07, 6.45) is 4.45. The topological polar surface area (TPSA) is 82.2 Å². The number of hydrogen-bond acceptors (Lipinski definition) is 6. The number of ether oxygens (including phenoxy) is 1. The smallest absolute Gasteiger partial charge is 0.255 e. The van der Waals surface area contributed by atoms with Crippen LogP contribution in [0.15, 0.2) is 42.5 Å². The molecule has 2 aliphatic heterocycles. The molecule has 0 spiro atoms. The first kappa shape index (κ1) is 26.7. The number of carbonyl (C=O) groups excluding carboxylic acids is 3. The second-order valence-electron chi connectivity index (χ2n) is 9.73. The first-order chi connectivity index (χ1) is 18.0. The molecule has 2 aromatic rings. The molecule has 0 aliphatic carbocycles. The quantitative estimate of drug-likeness (QED) is 0.352. The molecule has 1 atom stereocenters. The van der Waals surface area contributed by atoms with Gasteiger partial charge in [-0.2, -0.15) is 0 Å². The van der Waals surface area contributed by atoms with Gasteiger partial charge in [0.1, 0.15) is 18.1 Å². The predicted octanol–water partition coefficient (Wildman–Crippen LogP) is 2.89. The minimum atomic E-state index is -0.625. The Balaban J connectivity index is 1.26. The van der Waals surface area contributed by atoms with Crippen LogP contribution in [-0.4, -0.2) is 80.8 Å². The van der Waals surface area contributed by atoms with Crippen LogP contribution in [0.5, 0.6) is 5.75 Å². The molecule has 2 aliphatic rings. The lowest BCUT2D eigenvalue weighted by atomic mass is 9.98. The minimum Gasteiger partial charge on any atom is -0.497 e. The number of likely N-dealkylation sites (N-methyl/N-ethyl adjacent to an activating group) is 1. The maximum Gasteiger partial charge on any atom is 0.255 e. The zero-order valence-electron chi connectivity index (χ0n) is 21.9. The number of benzene rings is 2. The molecular weight excluding hydrogens is 468 g/mol. The van der Waals surface area contributed by atoms with Crippen molar-refractivity contribution in [2.24, 2.45) is 0 Å². The maximum absolute atomic E-state index is 13.1. The monoisotopic (exact) mass is 506 g/mol. The number of nitrogens with one attached hydrogen (secondary N) is 1. The van der Waals surface area contributed by atoms with Gasteiger partial charge in [0.15, 0.2) is 0 Å². The van der Waals surface area contributed by atoms with Gasteiger partial charge >= 0.3 is 0 Å². The lowest BCUT2D eigenvalue weighted by Gasteiger charge is -2.36. The number of rotatable bonds is 12. The molecule has 1 fully saturated rings. The van der Waals surface area contributed by atoms with Crippen LogP contribution in [0.25, 0.3) is 0 Å². The molecular formula is C29H38N4O4. The molecule has 198 valence electrons. The van der Waals surface area contributed by atoms with Crippen molar-refractivity contribution >= 4 is 23.8 Å². The van der Waals surface area contributed by atoms with Crippen LogP contribution in [0.1, 0.15) is 47.2 Å². The third-order valence-electron chi connectivity index (χ3n) is 7.56. The molecule has 4 rings (SSSR count). The Morgan fingerprint density at radius 3 is 2.51 bits per heavy atom. The van der Waals surface area contributed by atoms with Gasteiger partial charge in [-0.3, -0.25) is 14.5 Å². The Labute approximate surface area is 219 Å². The first-order valence-electron chi connectivity index (χ1n) is 13.2. The van der Waals surface area contributed by atoms with Crippen LogP contribution >= 0.6 is 0 Å². The van der Waals surface area contributed by atoms with Crippen molar-refractivity contribution in [2.75, 3.05) is 51.8 Å². The number of piperazine rings is 1. The van der Waals surface area contributed by atoms with E-state index >= 15 is 0 Å². The van der Waals surface area contributed by atoms with Gasteiger partial charge in [0, 0.05) is 57.4 Å². The summed E-state index contributed by atoms with van der Waals surface area (Å²) in [7, 11) is 3.25. The highest BCUT2D eigenvalue weighted by Gasteiger charge is 2.36. The van der Waals surface area contributed by atoms with Crippen molar-refractivity contribution in [1.29, 1.82) is 0 Å². The Hall–Kier alpha value is -3.39. The summed E-state index contributed by atoms with van der Waals surface area (Å²) in [6, 6.07) is 13.5. The van der Waals surface area contributed by atoms with Crippen molar-refractivity contribution in [2.45, 2.75) is 44.7 Å². The highest BCUT2D eigenvalue weighted by Crippen LogP contribution is 2.30. The zero-order valence-corrected chi connectivity index (χ0v) is 21.9. The molecule has 8 nitrogen and oxygen atoms in total. The molecule has 1 unspecified atom stereocenters. The number of aldehydes is 1. The first-order valence-corrected chi connectivity index (χ1v) is 13.2. The van der Waals surface area contributed by atoms with E-state index in [2.05, 4.69) is 33.3 Å². The molecule has 1 N–H and O–H groups in total. The average molecular weight is 507 g/mol. The summed E-state index contributed by atoms with van der Waals surface area (Å²) >= 11 is 0. The van der Waals surface area contributed by atoms with Crippen LogP contribution < -0.4 is 15.0 Å². The number of nitrogens with zero attached hydrogens (tertiary/aromatic N) is 3. The second kappa shape index (κ2) is 12.7. The largest absolute Gasteiger partial charge is 0.497 e. The lowest BCUT2D eigenvalue weighted by molar-refractivity contribution is -0.125. The molecule has 0 aromatic heterocycles. The molecule has 2 aromatic carbocycles. The number of fused-ring (bicyclic) bond motifs is 1. The van der Waals surface area contributed by atoms with Gasteiger partial charge in [0.2, 0.25) is 5.91 Å². The minimum absolute atomic E-state index is 0.119. The van der Waals surface area contributed by atoms with Crippen LogP contribution in [-0.2, 0) is 22.6 Å². The molecule has 0 saturated carbocycles. The van der Waals surface area contributed by atoms with Crippen LogP contribution in [0.3, 0.4) is 0 Å². The average Bonchev–Trinajstić information content (AvgIpc) is 3.28. The fraction of sp³-hybridized carbons (Fsp3) is 0.483. The summed E-state index contributed by atoms with van der Waals surface area (Å²) in [5.41, 5.74) is 4.14. The van der Waals surface area contributed by atoms with Crippen LogP contribution in [0.4, 0.5) is 5.69 Å². The SMILES string of the molecule is CNC(=O)C(CCC=O)N1Cc2c(CCCCN3CCN(c4ccc(OC)cc4)CC3)cccc2C1=O. The maximum atomic E-state index is 13.1. The standard InChI is InChI=1S/C29H38N4O4/c1-30-28(35)27(10-6-20-34)33-21-26-22(8-5-9-25(26)29(33)36)7-3-4-15-31-16-18-32(19-17-31)23-11-13-24(37-2)14-12-23/h5,8-9,11-14,20,27H,3-4,6-7,10,15-19,21H2,1-2H3,(H,30,35). The van der Waals surface area contributed by atoms with E-state index in [4.69, 9.17) is 4.74 Å². The van der Waals surface area contributed by atoms with Crippen molar-refractivity contribution < 1.29 is 19.1 Å². The normalized spacial score (nSPS) is 16.4. The van der Waals surface area contributed by atoms with Crippen LogP contribution in [0.2, 0.25) is 0 Å². The van der Waals surface area contributed by atoms with E-state index in [1.54, 1.807) is 19.1 Å². The van der Waals surface area contributed by atoms with E-state index in [-0.39, 0.29) is 18.2 Å². The number of methoxy groups -OCH3 is 1. The zero-order chi connectivity index (χ0) is 26.2. The van der Waals surface area contributed by atoms with Crippen molar-refractivity contribution in [3.63, 3.8) is 0 Å². The van der Waals surface area contributed by atoms with Crippen molar-refractivity contribution in [1.82, 2.24) is 15.1 Å². The van der Waals surface area contributed by atoms with E-state index in [0.29, 0.717) is 18.5 Å². The van der Waals surface area contributed by atoms with E-state index in [1.165, 1.54) is 11.3 Å². The highest BCUT2D eigenvalue weighted by atomic mass is 16.5. The van der Waals surface area contributed by atoms with E-state index in [0.717, 1.165) is 69.6 Å². The van der Waals surface area contributed by atoms with Gasteiger partial charge in [0.05, 0.1) is 7.11 Å². The summed E-state index contributed by atoms with van der Waals surface area (Å²) in [4.78, 5) is 43.0. The summed E-state index contributed by atoms with van der Waals surface area (Å²) in [5, 5.41) is 2.64. The summed E-state index contributed by atoms with van der Waals surface area (Å²) < 4.78 is 5.26. The van der Waals surface area contributed by atoms with Gasteiger partial charge < -0.3 is 24.6 Å². The van der Waals surface area contributed by atoms with E-state index in [1.807, 2.05) is 24.3 Å². The highest BCUT2D eigenvalue weighted by molar-refractivity contribution is 6.01. The van der Waals surface area contributed by atoms with Crippen molar-refractivity contribution in [3.05, 3.63) is 59.2 Å². The molecule has 2 heterocycles. The fourth-order valence-corrected chi connectivity index (χ4v) is 5.40. The Morgan fingerprint density at radius 2 is 1.84 bits per heavy atom. The van der Waals surface area contributed by atoms with Gasteiger partial charge in [-0.1, -0.05) is 12.1 Å². The third-order valence-corrected chi connectivity index (χ3v) is 7.56. The Bertz CT molecular complexity index is 1080. The molecule has 0 bridgehead atoms. The van der Waals surface area contributed by atoms with Crippen LogP contribution in [0, 0.1) is 0 Å². The number of anilines is 1. The number of hydrogen-bond donors (Lipinski definition) is 1. The predicted molar refractivity (Wildman–Crippen MR) is 144 cm³/mol. The second-order valence-corrected chi connectivity index (χ2v) is 9.73. The summed E-state index contributed by atoms with van der Waals surface area (Å²) in [5.74, 6) is 0.537. The van der Waals surface area contributed by atoms with Gasteiger partial charge in [-0.15, -0.1) is 0 Å². The van der Waals surface area contributed by atoms with E-state index < -0.39 is 6.04 Å². The van der Waals surface area contributed by atoms with Gasteiger partial charge in [-0.25, -0.2) is 0 Å². The molecule has 2 amide bonds. The van der Waals surface area contributed by atoms with Crippen molar-refractivity contribution in [3.8, 4) is 5.75 Å². The van der Waals surface area contributed by atoms with Gasteiger partial charge in [-0.05, 0) is 73.7 Å². The number of amides is 2. The molecule has 37 heavy (non-hydrogen) atoms.